The largest absolute Gasteiger partial charge is 0.198 e. The van der Waals surface area contributed by atoms with Crippen LogP contribution in [0.1, 0.15) is 200 Å². The average molecular weight is 462 g/mol. The van der Waals surface area contributed by atoms with Crippen molar-refractivity contribution in [2.24, 2.45) is 0 Å². The number of hydrogen-bond donors (Lipinski definition) is 0. The van der Waals surface area contributed by atoms with E-state index in [1.54, 1.807) is 0 Å². The van der Waals surface area contributed by atoms with E-state index in [-0.39, 0.29) is 0 Å². The molecule has 0 atom stereocenters. The maximum atomic E-state index is 8.52. The summed E-state index contributed by atoms with van der Waals surface area (Å²) in [7, 11) is 0. The normalized spacial score (nSPS) is 11.2. The van der Waals surface area contributed by atoms with E-state index in [1.807, 2.05) is 0 Å². The summed E-state index contributed by atoms with van der Waals surface area (Å²) in [5.41, 5.74) is 0. The highest BCUT2D eigenvalue weighted by Crippen LogP contribution is 2.16. The van der Waals surface area contributed by atoms with Crippen molar-refractivity contribution in [1.82, 2.24) is 0 Å². The van der Waals surface area contributed by atoms with E-state index in [2.05, 4.69) is 13.0 Å². The van der Waals surface area contributed by atoms with Crippen LogP contribution >= 0.6 is 0 Å². The molecule has 0 aliphatic carbocycles. The molecule has 0 rings (SSSR count). The Kier molecular flexibility index (Phi) is 31.0. The Morgan fingerprint density at radius 1 is 0.303 bits per heavy atom. The number of rotatable bonds is 29. The smallest absolute Gasteiger partial charge is 0.0621 e. The van der Waals surface area contributed by atoms with Gasteiger partial charge in [-0.2, -0.15) is 5.26 Å². The van der Waals surface area contributed by atoms with Gasteiger partial charge in [0.25, 0.3) is 0 Å². The topological polar surface area (TPSA) is 23.8 Å². The van der Waals surface area contributed by atoms with Crippen LogP contribution in [0.15, 0.2) is 0 Å². The van der Waals surface area contributed by atoms with Crippen molar-refractivity contribution in [3.05, 3.63) is 0 Å². The van der Waals surface area contributed by atoms with Crippen LogP contribution in [0.2, 0.25) is 0 Å². The van der Waals surface area contributed by atoms with E-state index in [1.165, 1.54) is 180 Å². The van der Waals surface area contributed by atoms with Gasteiger partial charge in [-0.05, 0) is 6.42 Å². The standard InChI is InChI=1S/C32H63N/c1-2-3-4-5-6-7-8-9-10-11-12-13-14-15-16-17-18-19-20-21-22-23-24-25-26-27-28-29-30-31-32-33/h2-31H2,1H3. The van der Waals surface area contributed by atoms with Crippen LogP contribution in [0.3, 0.4) is 0 Å². The van der Waals surface area contributed by atoms with Crippen molar-refractivity contribution < 1.29 is 0 Å². The molecule has 0 saturated carbocycles. The van der Waals surface area contributed by atoms with Crippen molar-refractivity contribution in [3.63, 3.8) is 0 Å². The minimum absolute atomic E-state index is 0.749. The predicted octanol–water partition coefficient (Wildman–Crippen LogP) is 12.2. The molecule has 1 heteroatoms. The van der Waals surface area contributed by atoms with Crippen molar-refractivity contribution in [1.29, 1.82) is 5.26 Å². The molecule has 0 N–H and O–H groups in total. The van der Waals surface area contributed by atoms with Crippen LogP contribution in [-0.4, -0.2) is 0 Å². The molecule has 0 amide bonds. The lowest BCUT2D eigenvalue weighted by molar-refractivity contribution is 0.513. The molecular formula is C32H63N. The van der Waals surface area contributed by atoms with E-state index >= 15 is 0 Å². The van der Waals surface area contributed by atoms with E-state index in [4.69, 9.17) is 5.26 Å². The Hall–Kier alpha value is -0.510. The fourth-order valence-electron chi connectivity index (χ4n) is 5.05. The van der Waals surface area contributed by atoms with E-state index < -0.39 is 0 Å². The summed E-state index contributed by atoms with van der Waals surface area (Å²) >= 11 is 0. The van der Waals surface area contributed by atoms with Gasteiger partial charge in [0.05, 0.1) is 6.07 Å². The molecular weight excluding hydrogens is 398 g/mol. The number of nitriles is 1. The van der Waals surface area contributed by atoms with E-state index in [0.29, 0.717) is 0 Å². The lowest BCUT2D eigenvalue weighted by Crippen LogP contribution is -1.85. The zero-order valence-electron chi connectivity index (χ0n) is 23.2. The Morgan fingerprint density at radius 2 is 0.485 bits per heavy atom. The molecule has 0 aliphatic heterocycles. The van der Waals surface area contributed by atoms with Crippen LogP contribution in [0.4, 0.5) is 0 Å². The van der Waals surface area contributed by atoms with Gasteiger partial charge in [0.1, 0.15) is 0 Å². The predicted molar refractivity (Wildman–Crippen MR) is 150 cm³/mol. The quantitative estimate of drug-likeness (QED) is 0.102. The zero-order chi connectivity index (χ0) is 23.9. The van der Waals surface area contributed by atoms with Gasteiger partial charge in [-0.15, -0.1) is 0 Å². The summed E-state index contributed by atoms with van der Waals surface area (Å²) in [5.74, 6) is 0. The van der Waals surface area contributed by atoms with Gasteiger partial charge in [-0.3, -0.25) is 0 Å². The van der Waals surface area contributed by atoms with Gasteiger partial charge in [0.15, 0.2) is 0 Å². The molecule has 0 aromatic carbocycles. The van der Waals surface area contributed by atoms with Gasteiger partial charge in [0.2, 0.25) is 0 Å². The van der Waals surface area contributed by atoms with Gasteiger partial charge in [0, 0.05) is 6.42 Å². The first-order valence-corrected chi connectivity index (χ1v) is 15.8. The monoisotopic (exact) mass is 461 g/mol. The van der Waals surface area contributed by atoms with Crippen LogP contribution in [-0.2, 0) is 0 Å². The lowest BCUT2D eigenvalue weighted by atomic mass is 10.0. The van der Waals surface area contributed by atoms with E-state index in [0.717, 1.165) is 12.8 Å². The number of hydrogen-bond acceptors (Lipinski definition) is 1. The molecule has 1 nitrogen and oxygen atoms in total. The highest BCUT2D eigenvalue weighted by Gasteiger charge is 1.96. The Bertz CT molecular complexity index is 369. The second-order valence-corrected chi connectivity index (χ2v) is 10.8. The molecule has 0 bridgehead atoms. The lowest BCUT2D eigenvalue weighted by Gasteiger charge is -2.04. The molecule has 0 spiro atoms. The van der Waals surface area contributed by atoms with Crippen LogP contribution < -0.4 is 0 Å². The molecule has 0 saturated heterocycles. The van der Waals surface area contributed by atoms with Crippen LogP contribution in [0.5, 0.6) is 0 Å². The second-order valence-electron chi connectivity index (χ2n) is 10.8. The third-order valence-corrected chi connectivity index (χ3v) is 7.39. The first-order chi connectivity index (χ1) is 16.4. The van der Waals surface area contributed by atoms with E-state index in [9.17, 15) is 0 Å². The second kappa shape index (κ2) is 31.5. The Balaban J connectivity index is 3.00. The number of nitrogens with zero attached hydrogens (tertiary/aromatic N) is 1. The SMILES string of the molecule is CCCCCCCCCCCCCCCCCCCCCCCCCCCCCCCC#N. The van der Waals surface area contributed by atoms with Crippen molar-refractivity contribution >= 4 is 0 Å². The Morgan fingerprint density at radius 3 is 0.667 bits per heavy atom. The molecule has 196 valence electrons. The zero-order valence-corrected chi connectivity index (χ0v) is 23.2. The fourth-order valence-corrected chi connectivity index (χ4v) is 5.05. The fraction of sp³-hybridized carbons (Fsp3) is 0.969. The molecule has 0 fully saturated rings. The first kappa shape index (κ1) is 32.5. The molecule has 0 aromatic rings. The molecule has 33 heavy (non-hydrogen) atoms. The summed E-state index contributed by atoms with van der Waals surface area (Å²) in [5, 5.41) is 8.52. The van der Waals surface area contributed by atoms with Crippen molar-refractivity contribution in [2.45, 2.75) is 200 Å². The maximum absolute atomic E-state index is 8.52. The summed E-state index contributed by atoms with van der Waals surface area (Å²) in [4.78, 5) is 0. The van der Waals surface area contributed by atoms with Gasteiger partial charge in [-0.1, -0.05) is 187 Å². The third kappa shape index (κ3) is 31.5. The minimum Gasteiger partial charge on any atom is -0.198 e. The summed E-state index contributed by atoms with van der Waals surface area (Å²) < 4.78 is 0. The minimum atomic E-state index is 0.749. The van der Waals surface area contributed by atoms with Gasteiger partial charge < -0.3 is 0 Å². The first-order valence-electron chi connectivity index (χ1n) is 15.8. The summed E-state index contributed by atoms with van der Waals surface area (Å²) in [6.45, 7) is 2.30. The number of unbranched alkanes of at least 4 members (excludes halogenated alkanes) is 29. The average Bonchev–Trinajstić information content (AvgIpc) is 2.83. The van der Waals surface area contributed by atoms with Crippen molar-refractivity contribution in [2.75, 3.05) is 0 Å². The third-order valence-electron chi connectivity index (χ3n) is 7.39. The maximum Gasteiger partial charge on any atom is 0.0621 e. The van der Waals surface area contributed by atoms with Crippen LogP contribution in [0.25, 0.3) is 0 Å². The molecule has 0 unspecified atom stereocenters. The summed E-state index contributed by atoms with van der Waals surface area (Å²) in [6.07, 6.45) is 42.4. The molecule has 0 radical (unpaired) electrons. The van der Waals surface area contributed by atoms with Crippen LogP contribution in [0, 0.1) is 11.3 Å². The Labute approximate surface area is 210 Å². The highest BCUT2D eigenvalue weighted by atomic mass is 14.2. The summed E-state index contributed by atoms with van der Waals surface area (Å²) in [6, 6.07) is 2.24. The van der Waals surface area contributed by atoms with Gasteiger partial charge in [-0.25, -0.2) is 0 Å². The molecule has 0 heterocycles. The molecule has 0 aromatic heterocycles. The van der Waals surface area contributed by atoms with Gasteiger partial charge >= 0.3 is 0 Å². The van der Waals surface area contributed by atoms with Crippen molar-refractivity contribution in [3.8, 4) is 6.07 Å². The molecule has 0 aliphatic rings. The highest BCUT2D eigenvalue weighted by molar-refractivity contribution is 4.67.